The lowest BCUT2D eigenvalue weighted by Crippen LogP contribution is -2.57. The predicted octanol–water partition coefficient (Wildman–Crippen LogP) is 2.64. The highest BCUT2D eigenvalue weighted by atomic mass is 15.3. The van der Waals surface area contributed by atoms with Crippen LogP contribution in [0.2, 0.25) is 0 Å². The van der Waals surface area contributed by atoms with Crippen LogP contribution in [-0.4, -0.2) is 23.7 Å². The van der Waals surface area contributed by atoms with Crippen molar-refractivity contribution >= 4 is 0 Å². The number of likely N-dealkylation sites (tertiary alicyclic amines) is 1. The van der Waals surface area contributed by atoms with Gasteiger partial charge in [0.05, 0.1) is 5.66 Å². The Labute approximate surface area is 105 Å². The molecule has 94 valence electrons. The molecule has 0 aliphatic carbocycles. The topological polar surface area (TPSA) is 29.3 Å². The van der Waals surface area contributed by atoms with Gasteiger partial charge in [-0.1, -0.05) is 37.3 Å². The van der Waals surface area contributed by atoms with Crippen LogP contribution in [0.5, 0.6) is 0 Å². The van der Waals surface area contributed by atoms with Gasteiger partial charge < -0.3 is 5.73 Å². The highest BCUT2D eigenvalue weighted by Gasteiger charge is 2.30. The van der Waals surface area contributed by atoms with Gasteiger partial charge in [0.1, 0.15) is 0 Å². The van der Waals surface area contributed by atoms with E-state index in [1.807, 2.05) is 0 Å². The Morgan fingerprint density at radius 2 is 1.82 bits per heavy atom. The zero-order valence-corrected chi connectivity index (χ0v) is 11.0. The first-order valence-electron chi connectivity index (χ1n) is 6.66. The molecule has 0 bridgehead atoms. The molecule has 1 aromatic carbocycles. The third-order valence-electron chi connectivity index (χ3n) is 3.91. The van der Waals surface area contributed by atoms with E-state index in [0.717, 1.165) is 25.4 Å². The summed E-state index contributed by atoms with van der Waals surface area (Å²) in [5.74, 6) is 0.860. The lowest BCUT2D eigenvalue weighted by molar-refractivity contribution is 0.0695. The molecule has 2 heteroatoms. The molecule has 1 saturated heterocycles. The monoisotopic (exact) mass is 232 g/mol. The third-order valence-corrected chi connectivity index (χ3v) is 3.91. The van der Waals surface area contributed by atoms with Crippen molar-refractivity contribution in [2.24, 2.45) is 11.7 Å². The number of nitrogens with two attached hydrogens (primary N) is 1. The molecule has 1 atom stereocenters. The second-order valence-corrected chi connectivity index (χ2v) is 5.69. The summed E-state index contributed by atoms with van der Waals surface area (Å²) >= 11 is 0. The first-order chi connectivity index (χ1) is 8.08. The molecule has 17 heavy (non-hydrogen) atoms. The van der Waals surface area contributed by atoms with Gasteiger partial charge in [0.15, 0.2) is 0 Å². The van der Waals surface area contributed by atoms with Gasteiger partial charge in [-0.2, -0.15) is 0 Å². The summed E-state index contributed by atoms with van der Waals surface area (Å²) in [6, 6.07) is 10.6. The van der Waals surface area contributed by atoms with E-state index in [0.29, 0.717) is 0 Å². The fourth-order valence-corrected chi connectivity index (χ4v) is 2.64. The SMILES string of the molecule is CC1CCN(C(C)(N)Cc2ccccc2)CC1. The zero-order chi connectivity index (χ0) is 12.3. The highest BCUT2D eigenvalue weighted by molar-refractivity contribution is 5.17. The van der Waals surface area contributed by atoms with Gasteiger partial charge in [0.25, 0.3) is 0 Å². The van der Waals surface area contributed by atoms with E-state index in [1.54, 1.807) is 0 Å². The van der Waals surface area contributed by atoms with Crippen LogP contribution in [0.1, 0.15) is 32.3 Å². The van der Waals surface area contributed by atoms with Crippen LogP contribution >= 0.6 is 0 Å². The summed E-state index contributed by atoms with van der Waals surface area (Å²) in [4.78, 5) is 2.44. The van der Waals surface area contributed by atoms with E-state index in [1.165, 1.54) is 18.4 Å². The van der Waals surface area contributed by atoms with Crippen molar-refractivity contribution in [2.45, 2.75) is 38.8 Å². The van der Waals surface area contributed by atoms with Crippen LogP contribution in [0.3, 0.4) is 0 Å². The molecule has 2 rings (SSSR count). The number of piperidine rings is 1. The Kier molecular flexibility index (Phi) is 3.85. The van der Waals surface area contributed by atoms with Crippen LogP contribution in [0, 0.1) is 5.92 Å². The molecule has 0 aromatic heterocycles. The fraction of sp³-hybridized carbons (Fsp3) is 0.600. The van der Waals surface area contributed by atoms with Crippen LogP contribution < -0.4 is 5.73 Å². The minimum atomic E-state index is -0.207. The van der Waals surface area contributed by atoms with Crippen LogP contribution in [0.25, 0.3) is 0 Å². The number of hydrogen-bond acceptors (Lipinski definition) is 2. The summed E-state index contributed by atoms with van der Waals surface area (Å²) in [7, 11) is 0. The van der Waals surface area contributed by atoms with Gasteiger partial charge in [-0.3, -0.25) is 4.90 Å². The summed E-state index contributed by atoms with van der Waals surface area (Å²) in [5, 5.41) is 0. The second-order valence-electron chi connectivity index (χ2n) is 5.69. The molecule has 1 aromatic rings. The van der Waals surface area contributed by atoms with Gasteiger partial charge in [0.2, 0.25) is 0 Å². The molecule has 2 N–H and O–H groups in total. The Morgan fingerprint density at radius 1 is 1.24 bits per heavy atom. The van der Waals surface area contributed by atoms with Gasteiger partial charge in [-0.25, -0.2) is 0 Å². The lowest BCUT2D eigenvalue weighted by Gasteiger charge is -2.42. The quantitative estimate of drug-likeness (QED) is 0.868. The number of hydrogen-bond donors (Lipinski definition) is 1. The van der Waals surface area contributed by atoms with E-state index < -0.39 is 0 Å². The first-order valence-corrected chi connectivity index (χ1v) is 6.66. The van der Waals surface area contributed by atoms with E-state index in [4.69, 9.17) is 5.73 Å². The zero-order valence-electron chi connectivity index (χ0n) is 11.0. The Morgan fingerprint density at radius 3 is 2.41 bits per heavy atom. The molecule has 0 radical (unpaired) electrons. The number of benzene rings is 1. The Balaban J connectivity index is 1.98. The van der Waals surface area contributed by atoms with E-state index in [2.05, 4.69) is 49.1 Å². The van der Waals surface area contributed by atoms with Crippen LogP contribution in [0.15, 0.2) is 30.3 Å². The Bertz CT molecular complexity index is 337. The number of rotatable bonds is 3. The Hall–Kier alpha value is -0.860. The summed E-state index contributed by atoms with van der Waals surface area (Å²) in [6.45, 7) is 6.78. The summed E-state index contributed by atoms with van der Waals surface area (Å²) < 4.78 is 0. The van der Waals surface area contributed by atoms with E-state index in [-0.39, 0.29) is 5.66 Å². The largest absolute Gasteiger partial charge is 0.313 e. The minimum Gasteiger partial charge on any atom is -0.313 e. The van der Waals surface area contributed by atoms with E-state index in [9.17, 15) is 0 Å². The minimum absolute atomic E-state index is 0.207. The highest BCUT2D eigenvalue weighted by Crippen LogP contribution is 2.23. The maximum Gasteiger partial charge on any atom is 0.0699 e. The van der Waals surface area contributed by atoms with Crippen molar-refractivity contribution in [3.05, 3.63) is 35.9 Å². The van der Waals surface area contributed by atoms with Crippen molar-refractivity contribution in [1.82, 2.24) is 4.90 Å². The molecule has 1 fully saturated rings. The molecule has 1 aliphatic rings. The maximum absolute atomic E-state index is 6.49. The molecule has 0 saturated carbocycles. The molecular weight excluding hydrogens is 208 g/mol. The molecule has 0 amide bonds. The first kappa shape index (κ1) is 12.6. The molecule has 0 spiro atoms. The van der Waals surface area contributed by atoms with Gasteiger partial charge >= 0.3 is 0 Å². The van der Waals surface area contributed by atoms with Crippen molar-refractivity contribution < 1.29 is 0 Å². The van der Waals surface area contributed by atoms with Crippen molar-refractivity contribution in [3.8, 4) is 0 Å². The van der Waals surface area contributed by atoms with Crippen LogP contribution in [-0.2, 0) is 6.42 Å². The average Bonchev–Trinajstić information content (AvgIpc) is 2.30. The average molecular weight is 232 g/mol. The van der Waals surface area contributed by atoms with Crippen molar-refractivity contribution in [3.63, 3.8) is 0 Å². The van der Waals surface area contributed by atoms with Crippen molar-refractivity contribution in [2.75, 3.05) is 13.1 Å². The third kappa shape index (κ3) is 3.30. The molecular formula is C15H24N2. The summed E-state index contributed by atoms with van der Waals surface area (Å²) in [5.41, 5.74) is 7.62. The number of nitrogens with zero attached hydrogens (tertiary/aromatic N) is 1. The normalized spacial score (nSPS) is 22.3. The van der Waals surface area contributed by atoms with Gasteiger partial charge in [-0.15, -0.1) is 0 Å². The standard InChI is InChI=1S/C15H24N2/c1-13-8-10-17(11-9-13)15(2,16)12-14-6-4-3-5-7-14/h3-7,13H,8-12,16H2,1-2H3. The van der Waals surface area contributed by atoms with E-state index >= 15 is 0 Å². The van der Waals surface area contributed by atoms with Gasteiger partial charge in [0, 0.05) is 19.5 Å². The molecule has 1 heterocycles. The molecule has 1 aliphatic heterocycles. The molecule has 2 nitrogen and oxygen atoms in total. The molecule has 1 unspecified atom stereocenters. The fourth-order valence-electron chi connectivity index (χ4n) is 2.64. The predicted molar refractivity (Wildman–Crippen MR) is 72.7 cm³/mol. The van der Waals surface area contributed by atoms with Crippen molar-refractivity contribution in [1.29, 1.82) is 0 Å². The van der Waals surface area contributed by atoms with Gasteiger partial charge in [-0.05, 0) is 31.2 Å². The summed E-state index contributed by atoms with van der Waals surface area (Å²) in [6.07, 6.45) is 3.49. The lowest BCUT2D eigenvalue weighted by atomic mass is 9.93. The van der Waals surface area contributed by atoms with Crippen LogP contribution in [0.4, 0.5) is 0 Å². The second kappa shape index (κ2) is 5.19. The smallest absolute Gasteiger partial charge is 0.0699 e. The maximum atomic E-state index is 6.49.